The molecule has 4 aromatic rings. The van der Waals surface area contributed by atoms with E-state index in [4.69, 9.17) is 0 Å². The summed E-state index contributed by atoms with van der Waals surface area (Å²) in [4.78, 5) is 16.7. The first-order chi connectivity index (χ1) is 10.8. The molecule has 0 aliphatic rings. The zero-order chi connectivity index (χ0) is 14.9. The van der Waals surface area contributed by atoms with Crippen LogP contribution in [0.2, 0.25) is 0 Å². The highest BCUT2D eigenvalue weighted by Gasteiger charge is 2.08. The van der Waals surface area contributed by atoms with Gasteiger partial charge in [0.25, 0.3) is 0 Å². The molecule has 0 fully saturated rings. The Balaban J connectivity index is 1.64. The normalized spacial score (nSPS) is 11.3. The zero-order valence-electron chi connectivity index (χ0n) is 11.8. The highest BCUT2D eigenvalue weighted by molar-refractivity contribution is 7.98. The van der Waals surface area contributed by atoms with Crippen molar-refractivity contribution in [2.24, 2.45) is 0 Å². The van der Waals surface area contributed by atoms with Gasteiger partial charge in [-0.25, -0.2) is 9.97 Å². The summed E-state index contributed by atoms with van der Waals surface area (Å²) in [5.74, 6) is 1.51. The number of anilines is 1. The maximum atomic E-state index is 4.54. The van der Waals surface area contributed by atoms with Crippen molar-refractivity contribution in [3.63, 3.8) is 0 Å². The summed E-state index contributed by atoms with van der Waals surface area (Å²) in [6.45, 7) is 0.536. The van der Waals surface area contributed by atoms with E-state index < -0.39 is 0 Å². The number of aromatic amines is 1. The molecule has 1 aromatic carbocycles. The second kappa shape index (κ2) is 5.30. The van der Waals surface area contributed by atoms with Gasteiger partial charge in [0, 0.05) is 6.07 Å². The minimum atomic E-state index is 0.536. The van der Waals surface area contributed by atoms with Gasteiger partial charge >= 0.3 is 0 Å². The Morgan fingerprint density at radius 2 is 2.09 bits per heavy atom. The van der Waals surface area contributed by atoms with Crippen molar-refractivity contribution in [1.82, 2.24) is 29.5 Å². The largest absolute Gasteiger partial charge is 0.347 e. The topological polar surface area (TPSA) is 83.8 Å². The van der Waals surface area contributed by atoms with Gasteiger partial charge < -0.3 is 10.3 Å². The lowest BCUT2D eigenvalue weighted by molar-refractivity contribution is 0.824. The molecular formula is C14H13N7S. The molecule has 3 aromatic heterocycles. The number of fused-ring (bicyclic) bond motifs is 2. The molecule has 4 rings (SSSR count). The molecule has 0 radical (unpaired) electrons. The van der Waals surface area contributed by atoms with E-state index in [9.17, 15) is 0 Å². The smallest absolute Gasteiger partial charge is 0.228 e. The van der Waals surface area contributed by atoms with Crippen molar-refractivity contribution >= 4 is 34.4 Å². The summed E-state index contributed by atoms with van der Waals surface area (Å²) in [5, 5.41) is 8.21. The van der Waals surface area contributed by atoms with Crippen LogP contribution in [0, 0.1) is 0 Å². The van der Waals surface area contributed by atoms with E-state index in [1.165, 1.54) is 11.8 Å². The first-order valence-electron chi connectivity index (χ1n) is 6.77. The SMILES string of the molecule is CSc1nc(NCc2nc3ccccc3[nH]2)n2nccc2n1. The molecule has 22 heavy (non-hydrogen) atoms. The molecule has 2 N–H and O–H groups in total. The van der Waals surface area contributed by atoms with E-state index in [-0.39, 0.29) is 0 Å². The zero-order valence-corrected chi connectivity index (χ0v) is 12.6. The molecule has 0 saturated carbocycles. The number of rotatable bonds is 4. The third-order valence-electron chi connectivity index (χ3n) is 3.27. The van der Waals surface area contributed by atoms with Crippen LogP contribution >= 0.6 is 11.8 Å². The molecule has 110 valence electrons. The number of para-hydroxylation sites is 2. The third-order valence-corrected chi connectivity index (χ3v) is 3.82. The lowest BCUT2D eigenvalue weighted by Gasteiger charge is -2.06. The van der Waals surface area contributed by atoms with Crippen LogP contribution in [0.5, 0.6) is 0 Å². The minimum Gasteiger partial charge on any atom is -0.347 e. The number of benzene rings is 1. The second-order valence-electron chi connectivity index (χ2n) is 4.69. The number of nitrogens with zero attached hydrogens (tertiary/aromatic N) is 5. The number of H-pyrrole nitrogens is 1. The highest BCUT2D eigenvalue weighted by atomic mass is 32.2. The van der Waals surface area contributed by atoms with Gasteiger partial charge in [0.1, 0.15) is 5.82 Å². The lowest BCUT2D eigenvalue weighted by atomic mass is 10.3. The fraction of sp³-hybridized carbons (Fsp3) is 0.143. The van der Waals surface area contributed by atoms with Crippen molar-refractivity contribution in [3.8, 4) is 0 Å². The van der Waals surface area contributed by atoms with Gasteiger partial charge in [-0.05, 0) is 18.4 Å². The Hall–Kier alpha value is -2.61. The number of imidazole rings is 1. The van der Waals surface area contributed by atoms with Gasteiger partial charge in [-0.15, -0.1) is 0 Å². The Morgan fingerprint density at radius 1 is 1.18 bits per heavy atom. The molecule has 0 unspecified atom stereocenters. The summed E-state index contributed by atoms with van der Waals surface area (Å²) >= 11 is 1.50. The average Bonchev–Trinajstić information content (AvgIpc) is 3.18. The standard InChI is InChI=1S/C14H13N7S/c1-22-14-19-12-6-7-16-21(12)13(20-14)15-8-11-17-9-4-2-3-5-10(9)18-11/h2-7H,8H2,1H3,(H,17,18)(H,15,19,20). The number of hydrogen-bond acceptors (Lipinski definition) is 6. The van der Waals surface area contributed by atoms with Gasteiger partial charge in [-0.1, -0.05) is 23.9 Å². The van der Waals surface area contributed by atoms with E-state index in [2.05, 4.69) is 30.4 Å². The van der Waals surface area contributed by atoms with Crippen LogP contribution < -0.4 is 5.32 Å². The van der Waals surface area contributed by atoms with Crippen molar-refractivity contribution in [3.05, 3.63) is 42.4 Å². The Morgan fingerprint density at radius 3 is 2.95 bits per heavy atom. The lowest BCUT2D eigenvalue weighted by Crippen LogP contribution is -2.10. The van der Waals surface area contributed by atoms with Gasteiger partial charge in [-0.3, -0.25) is 0 Å². The summed E-state index contributed by atoms with van der Waals surface area (Å²) < 4.78 is 1.68. The molecule has 0 spiro atoms. The number of nitrogens with one attached hydrogen (secondary N) is 2. The number of thioether (sulfide) groups is 1. The van der Waals surface area contributed by atoms with E-state index in [0.29, 0.717) is 17.6 Å². The predicted molar refractivity (Wildman–Crippen MR) is 86.0 cm³/mol. The van der Waals surface area contributed by atoms with E-state index in [0.717, 1.165) is 22.5 Å². The van der Waals surface area contributed by atoms with Crippen LogP contribution in [0.15, 0.2) is 41.7 Å². The maximum Gasteiger partial charge on any atom is 0.228 e. The molecule has 7 nitrogen and oxygen atoms in total. The quantitative estimate of drug-likeness (QED) is 0.563. The monoisotopic (exact) mass is 311 g/mol. The summed E-state index contributed by atoms with van der Waals surface area (Å²) in [7, 11) is 0. The van der Waals surface area contributed by atoms with Crippen molar-refractivity contribution in [2.75, 3.05) is 11.6 Å². The number of aromatic nitrogens is 6. The first kappa shape index (κ1) is 13.1. The fourth-order valence-electron chi connectivity index (χ4n) is 2.26. The maximum absolute atomic E-state index is 4.54. The summed E-state index contributed by atoms with van der Waals surface area (Å²) in [5.41, 5.74) is 2.75. The van der Waals surface area contributed by atoms with Crippen LogP contribution in [0.25, 0.3) is 16.7 Å². The van der Waals surface area contributed by atoms with Gasteiger partial charge in [0.2, 0.25) is 5.95 Å². The molecule has 0 atom stereocenters. The van der Waals surface area contributed by atoms with Crippen LogP contribution in [-0.2, 0) is 6.54 Å². The average molecular weight is 311 g/mol. The highest BCUT2D eigenvalue weighted by Crippen LogP contribution is 2.16. The second-order valence-corrected chi connectivity index (χ2v) is 5.46. The first-order valence-corrected chi connectivity index (χ1v) is 7.99. The summed E-state index contributed by atoms with van der Waals surface area (Å²) in [6.07, 6.45) is 3.66. The van der Waals surface area contributed by atoms with E-state index in [1.54, 1.807) is 10.7 Å². The summed E-state index contributed by atoms with van der Waals surface area (Å²) in [6, 6.07) is 9.81. The Bertz CT molecular complexity index is 910. The van der Waals surface area contributed by atoms with Crippen LogP contribution in [0.4, 0.5) is 5.95 Å². The van der Waals surface area contributed by atoms with Crippen molar-refractivity contribution in [2.45, 2.75) is 11.7 Å². The van der Waals surface area contributed by atoms with Gasteiger partial charge in [-0.2, -0.15) is 14.6 Å². The van der Waals surface area contributed by atoms with Gasteiger partial charge in [0.05, 0.1) is 23.8 Å². The molecule has 0 aliphatic heterocycles. The fourth-order valence-corrected chi connectivity index (χ4v) is 2.63. The van der Waals surface area contributed by atoms with Crippen LogP contribution in [0.3, 0.4) is 0 Å². The molecule has 8 heteroatoms. The molecule has 0 aliphatic carbocycles. The van der Waals surface area contributed by atoms with Crippen LogP contribution in [-0.4, -0.2) is 35.8 Å². The van der Waals surface area contributed by atoms with Gasteiger partial charge in [0.15, 0.2) is 10.8 Å². The molecule has 0 saturated heterocycles. The molecular weight excluding hydrogens is 298 g/mol. The van der Waals surface area contributed by atoms with Crippen LogP contribution in [0.1, 0.15) is 5.82 Å². The van der Waals surface area contributed by atoms with Crippen molar-refractivity contribution < 1.29 is 0 Å². The molecule has 0 bridgehead atoms. The van der Waals surface area contributed by atoms with E-state index in [1.807, 2.05) is 36.6 Å². The Labute approximate surface area is 130 Å². The predicted octanol–water partition coefficient (Wildman–Crippen LogP) is 2.33. The minimum absolute atomic E-state index is 0.536. The molecule has 3 heterocycles. The third kappa shape index (κ3) is 2.27. The Kier molecular flexibility index (Phi) is 3.15. The van der Waals surface area contributed by atoms with Crippen molar-refractivity contribution in [1.29, 1.82) is 0 Å². The number of hydrogen-bond donors (Lipinski definition) is 2. The van der Waals surface area contributed by atoms with E-state index >= 15 is 0 Å². The molecule has 0 amide bonds.